The molecular formula is C11H14N2O3S3. The van der Waals surface area contributed by atoms with Crippen molar-refractivity contribution in [2.75, 3.05) is 0 Å². The second kappa shape index (κ2) is 5.68. The van der Waals surface area contributed by atoms with Crippen molar-refractivity contribution >= 4 is 32.7 Å². The maximum atomic E-state index is 12.2. The van der Waals surface area contributed by atoms with Crippen LogP contribution in [0.25, 0.3) is 0 Å². The quantitative estimate of drug-likeness (QED) is 0.884. The molecule has 2 rings (SSSR count). The number of sulfonamides is 1. The fraction of sp³-hybridized carbons (Fsp3) is 0.364. The summed E-state index contributed by atoms with van der Waals surface area (Å²) in [6.07, 6.45) is 1.64. The molecule has 2 aromatic rings. The van der Waals surface area contributed by atoms with Gasteiger partial charge >= 0.3 is 0 Å². The van der Waals surface area contributed by atoms with Gasteiger partial charge < -0.3 is 5.11 Å². The molecule has 19 heavy (non-hydrogen) atoms. The molecule has 0 aliphatic carbocycles. The summed E-state index contributed by atoms with van der Waals surface area (Å²) in [6.45, 7) is 3.39. The highest BCUT2D eigenvalue weighted by Gasteiger charge is 2.22. The topological polar surface area (TPSA) is 79.3 Å². The number of rotatable bonds is 5. The monoisotopic (exact) mass is 318 g/mol. The van der Waals surface area contributed by atoms with Crippen molar-refractivity contribution in [3.05, 3.63) is 33.1 Å². The smallest absolute Gasteiger partial charge is 0.250 e. The number of nitrogens with zero attached hydrogens (tertiary/aromatic N) is 1. The van der Waals surface area contributed by atoms with Crippen molar-refractivity contribution in [3.8, 4) is 0 Å². The number of thiophene rings is 1. The first-order chi connectivity index (χ1) is 8.94. The van der Waals surface area contributed by atoms with Crippen LogP contribution < -0.4 is 4.72 Å². The van der Waals surface area contributed by atoms with E-state index in [0.717, 1.165) is 21.9 Å². The normalized spacial score (nSPS) is 13.6. The molecular weight excluding hydrogens is 304 g/mol. The average molecular weight is 318 g/mol. The standard InChI is InChI=1S/C11H14N2O3S3/c1-7-5-10(18-9(7)6-14)19(15,16)13-8(2)11-12-3-4-17-11/h3-5,8,13-14H,6H2,1-2H3. The van der Waals surface area contributed by atoms with Crippen molar-refractivity contribution in [1.29, 1.82) is 0 Å². The maximum absolute atomic E-state index is 12.2. The van der Waals surface area contributed by atoms with Crippen LogP contribution in [0.4, 0.5) is 0 Å². The van der Waals surface area contributed by atoms with Gasteiger partial charge in [-0.05, 0) is 25.5 Å². The first-order valence-corrected chi connectivity index (χ1v) is 8.74. The summed E-state index contributed by atoms with van der Waals surface area (Å²) in [5.41, 5.74) is 0.787. The predicted molar refractivity (Wildman–Crippen MR) is 75.8 cm³/mol. The lowest BCUT2D eigenvalue weighted by molar-refractivity contribution is 0.285. The third-order valence-corrected chi connectivity index (χ3v) is 6.75. The van der Waals surface area contributed by atoms with Crippen molar-refractivity contribution in [1.82, 2.24) is 9.71 Å². The molecule has 8 heteroatoms. The van der Waals surface area contributed by atoms with E-state index in [9.17, 15) is 8.42 Å². The van der Waals surface area contributed by atoms with Crippen LogP contribution >= 0.6 is 22.7 Å². The number of hydrogen-bond acceptors (Lipinski definition) is 6. The van der Waals surface area contributed by atoms with Gasteiger partial charge in [-0.25, -0.2) is 18.1 Å². The Kier molecular flexibility index (Phi) is 4.36. The number of aryl methyl sites for hydroxylation is 1. The van der Waals surface area contributed by atoms with E-state index in [1.165, 1.54) is 11.3 Å². The Balaban J connectivity index is 2.22. The molecule has 0 amide bonds. The molecule has 2 heterocycles. The van der Waals surface area contributed by atoms with Crippen LogP contribution in [0.5, 0.6) is 0 Å². The molecule has 0 aromatic carbocycles. The van der Waals surface area contributed by atoms with Gasteiger partial charge in [-0.15, -0.1) is 22.7 Å². The minimum Gasteiger partial charge on any atom is -0.391 e. The third-order valence-electron chi connectivity index (χ3n) is 2.56. The Morgan fingerprint density at radius 3 is 2.79 bits per heavy atom. The molecule has 2 N–H and O–H groups in total. The van der Waals surface area contributed by atoms with E-state index in [1.807, 2.05) is 0 Å². The van der Waals surface area contributed by atoms with Crippen molar-refractivity contribution in [3.63, 3.8) is 0 Å². The van der Waals surface area contributed by atoms with Gasteiger partial charge in [0.15, 0.2) is 0 Å². The van der Waals surface area contributed by atoms with Crippen LogP contribution in [-0.2, 0) is 16.6 Å². The lowest BCUT2D eigenvalue weighted by atomic mass is 10.3. The van der Waals surface area contributed by atoms with Gasteiger partial charge in [-0.2, -0.15) is 0 Å². The lowest BCUT2D eigenvalue weighted by Crippen LogP contribution is -2.26. The summed E-state index contributed by atoms with van der Waals surface area (Å²) in [7, 11) is -3.57. The highest BCUT2D eigenvalue weighted by Crippen LogP contribution is 2.27. The Bertz CT molecular complexity index is 647. The summed E-state index contributed by atoms with van der Waals surface area (Å²) in [6, 6.07) is 1.21. The number of aromatic nitrogens is 1. The summed E-state index contributed by atoms with van der Waals surface area (Å²) >= 11 is 2.49. The fourth-order valence-electron chi connectivity index (χ4n) is 1.57. The van der Waals surface area contributed by atoms with E-state index in [0.29, 0.717) is 4.88 Å². The maximum Gasteiger partial charge on any atom is 0.250 e. The SMILES string of the molecule is Cc1cc(S(=O)(=O)NC(C)c2nccs2)sc1CO. The molecule has 104 valence electrons. The number of aliphatic hydroxyl groups is 1. The highest BCUT2D eigenvalue weighted by molar-refractivity contribution is 7.91. The van der Waals surface area contributed by atoms with Gasteiger partial charge in [0.1, 0.15) is 9.22 Å². The largest absolute Gasteiger partial charge is 0.391 e. The zero-order chi connectivity index (χ0) is 14.0. The van der Waals surface area contributed by atoms with Crippen LogP contribution in [0.3, 0.4) is 0 Å². The number of aliphatic hydroxyl groups excluding tert-OH is 1. The van der Waals surface area contributed by atoms with E-state index >= 15 is 0 Å². The lowest BCUT2D eigenvalue weighted by Gasteiger charge is -2.10. The second-order valence-electron chi connectivity index (χ2n) is 4.04. The van der Waals surface area contributed by atoms with Gasteiger partial charge in [0, 0.05) is 16.5 Å². The molecule has 0 saturated heterocycles. The van der Waals surface area contributed by atoms with E-state index in [4.69, 9.17) is 5.11 Å². The van der Waals surface area contributed by atoms with E-state index in [1.54, 1.807) is 31.5 Å². The Labute approximate surface area is 120 Å². The molecule has 5 nitrogen and oxygen atoms in total. The van der Waals surface area contributed by atoms with Crippen molar-refractivity contribution < 1.29 is 13.5 Å². The minimum atomic E-state index is -3.57. The van der Waals surface area contributed by atoms with E-state index in [2.05, 4.69) is 9.71 Å². The molecule has 0 fully saturated rings. The van der Waals surface area contributed by atoms with Gasteiger partial charge in [0.2, 0.25) is 0 Å². The van der Waals surface area contributed by atoms with Crippen LogP contribution in [0.2, 0.25) is 0 Å². The van der Waals surface area contributed by atoms with E-state index < -0.39 is 10.0 Å². The second-order valence-corrected chi connectivity index (χ2v) is 8.05. The van der Waals surface area contributed by atoms with Crippen LogP contribution in [0.1, 0.15) is 28.4 Å². The zero-order valence-electron chi connectivity index (χ0n) is 10.5. The minimum absolute atomic E-state index is 0.145. The third kappa shape index (κ3) is 3.21. The molecule has 0 bridgehead atoms. The van der Waals surface area contributed by atoms with Gasteiger partial charge in [0.05, 0.1) is 12.6 Å². The number of hydrogen-bond donors (Lipinski definition) is 2. The summed E-state index contributed by atoms with van der Waals surface area (Å²) in [4.78, 5) is 4.76. The first kappa shape index (κ1) is 14.6. The Morgan fingerprint density at radius 1 is 1.53 bits per heavy atom. The van der Waals surface area contributed by atoms with Gasteiger partial charge in [0.25, 0.3) is 10.0 Å². The van der Waals surface area contributed by atoms with Gasteiger partial charge in [-0.3, -0.25) is 0 Å². The number of nitrogens with one attached hydrogen (secondary N) is 1. The molecule has 0 spiro atoms. The highest BCUT2D eigenvalue weighted by atomic mass is 32.2. The van der Waals surface area contributed by atoms with Crippen LogP contribution in [-0.4, -0.2) is 18.5 Å². The zero-order valence-corrected chi connectivity index (χ0v) is 12.9. The Morgan fingerprint density at radius 2 is 2.26 bits per heavy atom. The molecule has 0 saturated carbocycles. The van der Waals surface area contributed by atoms with E-state index in [-0.39, 0.29) is 16.9 Å². The number of thiazole rings is 1. The van der Waals surface area contributed by atoms with Crippen LogP contribution in [0, 0.1) is 6.92 Å². The molecule has 0 aliphatic rings. The molecule has 0 radical (unpaired) electrons. The molecule has 0 aliphatic heterocycles. The summed E-state index contributed by atoms with van der Waals surface area (Å²) in [5.74, 6) is 0. The van der Waals surface area contributed by atoms with Gasteiger partial charge in [-0.1, -0.05) is 0 Å². The first-order valence-electron chi connectivity index (χ1n) is 5.56. The van der Waals surface area contributed by atoms with Crippen LogP contribution in [0.15, 0.2) is 21.9 Å². The average Bonchev–Trinajstić information content (AvgIpc) is 2.96. The van der Waals surface area contributed by atoms with Crippen molar-refractivity contribution in [2.45, 2.75) is 30.7 Å². The molecule has 2 aromatic heterocycles. The van der Waals surface area contributed by atoms with Crippen molar-refractivity contribution in [2.24, 2.45) is 0 Å². The molecule has 1 atom stereocenters. The Hall–Kier alpha value is -0.800. The summed E-state index contributed by atoms with van der Waals surface area (Å²) < 4.78 is 27.2. The predicted octanol–water partition coefficient (Wildman–Crippen LogP) is 2.04. The summed E-state index contributed by atoms with van der Waals surface area (Å²) in [5, 5.41) is 11.6. The molecule has 1 unspecified atom stereocenters. The fourth-order valence-corrected chi connectivity index (χ4v) is 4.96.